The normalized spacial score (nSPS) is 13.4. The van der Waals surface area contributed by atoms with E-state index >= 15 is 0 Å². The van der Waals surface area contributed by atoms with Gasteiger partial charge < -0.3 is 35.1 Å². The van der Waals surface area contributed by atoms with Crippen molar-refractivity contribution in [3.8, 4) is 35.2 Å². The Labute approximate surface area is 428 Å². The maximum absolute atomic E-state index is 13.5. The lowest BCUT2D eigenvalue weighted by Gasteiger charge is -2.16. The van der Waals surface area contributed by atoms with Crippen molar-refractivity contribution in [2.24, 2.45) is 0 Å². The highest BCUT2D eigenvalue weighted by Gasteiger charge is 2.29. The predicted octanol–water partition coefficient (Wildman–Crippen LogP) is 8.87. The van der Waals surface area contributed by atoms with Gasteiger partial charge in [0.1, 0.15) is 46.3 Å². The number of hydrogen-bond donors (Lipinski definition) is 4. The van der Waals surface area contributed by atoms with Gasteiger partial charge in [-0.2, -0.15) is 0 Å². The number of nitrogens with one attached hydrogen (secondary N) is 2. The first kappa shape index (κ1) is 52.2. The van der Waals surface area contributed by atoms with E-state index in [0.717, 1.165) is 65.5 Å². The molecule has 1 fully saturated rings. The van der Waals surface area contributed by atoms with Gasteiger partial charge in [0, 0.05) is 50.5 Å². The Bertz CT molecular complexity index is 3290. The second-order valence-electron chi connectivity index (χ2n) is 18.0. The zero-order valence-electron chi connectivity index (χ0n) is 41.3. The van der Waals surface area contributed by atoms with Gasteiger partial charge in [-0.15, -0.1) is 0 Å². The van der Waals surface area contributed by atoms with Gasteiger partial charge in [0.15, 0.2) is 22.9 Å². The summed E-state index contributed by atoms with van der Waals surface area (Å²) in [5.74, 6) is 10.7. The van der Waals surface area contributed by atoms with Crippen molar-refractivity contribution < 1.29 is 42.8 Å². The molecule has 13 nitrogen and oxygen atoms in total. The molecule has 0 unspecified atom stereocenters. The van der Waals surface area contributed by atoms with E-state index in [1.54, 1.807) is 43.8 Å². The molecule has 0 bridgehead atoms. The van der Waals surface area contributed by atoms with E-state index in [4.69, 9.17) is 24.2 Å². The molecular weight excluding hydrogens is 943 g/mol. The fourth-order valence-electron chi connectivity index (χ4n) is 8.54. The molecule has 7 aromatic rings. The third kappa shape index (κ3) is 13.7. The molecule has 2 aliphatic carbocycles. The number of benzene rings is 3. The number of carbonyl (C=O) groups excluding carboxylic acids is 2. The lowest BCUT2D eigenvalue weighted by atomic mass is 10.0. The molecule has 0 saturated heterocycles. The zero-order valence-corrected chi connectivity index (χ0v) is 41.3. The van der Waals surface area contributed by atoms with Gasteiger partial charge in [-0.25, -0.2) is 18.7 Å². The van der Waals surface area contributed by atoms with Gasteiger partial charge in [0.05, 0.1) is 13.2 Å². The second kappa shape index (κ2) is 25.0. The standard InChI is InChI=1S/C33H32FN3O4.C26H24FN3O3/c1-40-18-17-35-32(38)30-31(41-22-24-7-3-2-4-8-24)29-27(28(37-30)13-16-33(39)14-5-6-15-33)20-25(21-36-29)19-23-9-11-26(34)12-10-23;1-33-13-12-28-26(32)24-25(31)23-21(22(30-24)11-8-17-4-2-3-5-17)15-19(16-29-23)14-18-6-9-20(27)10-7-18/h2-4,7-12,20-21,39H,5-6,14-15,17-19,22H2,1H3,(H,35,38);4,6-7,9-10,15-16,31H,2-3,5,12-14H2,1H3,(H,28,32). The zero-order chi connectivity index (χ0) is 51.9. The first-order chi connectivity index (χ1) is 36.0. The Balaban J connectivity index is 0.000000202. The molecule has 0 aliphatic heterocycles. The summed E-state index contributed by atoms with van der Waals surface area (Å²) in [6.45, 7) is 1.46. The van der Waals surface area contributed by atoms with E-state index in [1.165, 1.54) is 31.4 Å². The molecular formula is C59H56F2N6O7. The summed E-state index contributed by atoms with van der Waals surface area (Å²) >= 11 is 0. The number of methoxy groups -OCH3 is 2. The third-order valence-corrected chi connectivity index (χ3v) is 12.4. The number of pyridine rings is 4. The van der Waals surface area contributed by atoms with Crippen molar-refractivity contribution in [3.05, 3.63) is 177 Å². The minimum atomic E-state index is -1.09. The predicted molar refractivity (Wildman–Crippen MR) is 277 cm³/mol. The number of allylic oxidation sites excluding steroid dienone is 2. The summed E-state index contributed by atoms with van der Waals surface area (Å²) in [7, 11) is 3.10. The van der Waals surface area contributed by atoms with Gasteiger partial charge in [-0.3, -0.25) is 19.6 Å². The third-order valence-electron chi connectivity index (χ3n) is 12.4. The minimum absolute atomic E-state index is 0.0611. The molecule has 4 N–H and O–H groups in total. The van der Waals surface area contributed by atoms with Gasteiger partial charge >= 0.3 is 0 Å². The highest BCUT2D eigenvalue weighted by molar-refractivity contribution is 6.03. The van der Waals surface area contributed by atoms with E-state index < -0.39 is 17.4 Å². The van der Waals surface area contributed by atoms with Crippen LogP contribution in [0.1, 0.15) is 105 Å². The summed E-state index contributed by atoms with van der Waals surface area (Å²) in [4.78, 5) is 44.2. The van der Waals surface area contributed by atoms with Gasteiger partial charge in [-0.1, -0.05) is 72.5 Å². The molecule has 3 aromatic carbocycles. The SMILES string of the molecule is COCCNC(=O)c1nc(C#CC2(O)CCCC2)c2cc(Cc3ccc(F)cc3)cnc2c1OCc1ccccc1.COCCNC(=O)c1nc(C#CC2=CCCC2)c2cc(Cc3ccc(F)cc3)cnc2c1O. The monoisotopic (exact) mass is 998 g/mol. The van der Waals surface area contributed by atoms with Crippen LogP contribution in [0.4, 0.5) is 8.78 Å². The smallest absolute Gasteiger partial charge is 0.273 e. The van der Waals surface area contributed by atoms with E-state index in [-0.39, 0.29) is 59.7 Å². The fourth-order valence-corrected chi connectivity index (χ4v) is 8.54. The van der Waals surface area contributed by atoms with Crippen LogP contribution in [-0.4, -0.2) is 88.1 Å². The van der Waals surface area contributed by atoms with Crippen LogP contribution >= 0.6 is 0 Å². The van der Waals surface area contributed by atoms with Crippen molar-refractivity contribution >= 4 is 33.6 Å². The Morgan fingerprint density at radius 2 is 1.23 bits per heavy atom. The molecule has 9 rings (SSSR count). The summed E-state index contributed by atoms with van der Waals surface area (Å²) in [6, 6.07) is 26.0. The van der Waals surface area contributed by atoms with Crippen LogP contribution in [0.25, 0.3) is 21.8 Å². The lowest BCUT2D eigenvalue weighted by molar-refractivity contribution is 0.0920. The summed E-state index contributed by atoms with van der Waals surface area (Å²) in [5.41, 5.74) is 5.79. The number of ether oxygens (including phenoxy) is 3. The number of rotatable bonds is 15. The Kier molecular flexibility index (Phi) is 17.7. The molecule has 0 radical (unpaired) electrons. The van der Waals surface area contributed by atoms with Crippen molar-refractivity contribution in [2.75, 3.05) is 40.5 Å². The van der Waals surface area contributed by atoms with Gasteiger partial charge in [-0.05, 0) is 139 Å². The molecule has 15 heteroatoms. The molecule has 4 heterocycles. The topological polar surface area (TPSA) is 178 Å². The number of nitrogens with zero attached hydrogens (tertiary/aromatic N) is 4. The summed E-state index contributed by atoms with van der Waals surface area (Å²) in [5, 5.41) is 28.4. The summed E-state index contributed by atoms with van der Waals surface area (Å²) < 4.78 is 43.0. The number of aliphatic hydroxyl groups is 1. The average Bonchev–Trinajstić information content (AvgIpc) is 4.12. The van der Waals surface area contributed by atoms with Crippen LogP contribution in [0.15, 0.2) is 115 Å². The molecule has 1 saturated carbocycles. The first-order valence-corrected chi connectivity index (χ1v) is 24.5. The maximum Gasteiger partial charge on any atom is 0.273 e. The van der Waals surface area contributed by atoms with E-state index in [9.17, 15) is 28.6 Å². The fraction of sp³-hybridized carbons (Fsp3) is 0.288. The van der Waals surface area contributed by atoms with Crippen LogP contribution < -0.4 is 15.4 Å². The molecule has 0 spiro atoms. The van der Waals surface area contributed by atoms with Gasteiger partial charge in [0.25, 0.3) is 11.8 Å². The quantitative estimate of drug-likeness (QED) is 0.0570. The van der Waals surface area contributed by atoms with Crippen molar-refractivity contribution in [1.82, 2.24) is 30.6 Å². The molecule has 2 amide bonds. The highest BCUT2D eigenvalue weighted by Crippen LogP contribution is 2.34. The lowest BCUT2D eigenvalue weighted by Crippen LogP contribution is -2.28. The number of aromatic nitrogens is 4. The minimum Gasteiger partial charge on any atom is -0.504 e. The number of amides is 2. The van der Waals surface area contributed by atoms with E-state index in [0.29, 0.717) is 66.6 Å². The van der Waals surface area contributed by atoms with Crippen LogP contribution in [0, 0.1) is 35.3 Å². The number of carbonyl (C=O) groups is 2. The first-order valence-electron chi connectivity index (χ1n) is 24.5. The molecule has 4 aromatic heterocycles. The number of aromatic hydroxyl groups is 1. The maximum atomic E-state index is 13.5. The Morgan fingerprint density at radius 1 is 0.676 bits per heavy atom. The second-order valence-corrected chi connectivity index (χ2v) is 18.0. The number of halogens is 2. The molecule has 2 aliphatic rings. The van der Waals surface area contributed by atoms with E-state index in [2.05, 4.69) is 50.4 Å². The number of hydrogen-bond acceptors (Lipinski definition) is 11. The van der Waals surface area contributed by atoms with Crippen LogP contribution in [-0.2, 0) is 28.9 Å². The van der Waals surface area contributed by atoms with Crippen LogP contribution in [0.2, 0.25) is 0 Å². The Hall–Kier alpha value is -8.08. The molecule has 0 atom stereocenters. The average molecular weight is 999 g/mol. The summed E-state index contributed by atoms with van der Waals surface area (Å²) in [6.07, 6.45) is 12.5. The van der Waals surface area contributed by atoms with Crippen molar-refractivity contribution in [1.29, 1.82) is 0 Å². The van der Waals surface area contributed by atoms with E-state index in [1.807, 2.05) is 42.5 Å². The van der Waals surface area contributed by atoms with Gasteiger partial charge in [0.2, 0.25) is 0 Å². The van der Waals surface area contributed by atoms with Crippen LogP contribution in [0.3, 0.4) is 0 Å². The van der Waals surface area contributed by atoms with Crippen molar-refractivity contribution in [2.45, 2.75) is 70.0 Å². The Morgan fingerprint density at radius 3 is 1.81 bits per heavy atom. The number of fused-ring (bicyclic) bond motifs is 2. The molecule has 74 heavy (non-hydrogen) atoms. The highest BCUT2D eigenvalue weighted by atomic mass is 19.1. The van der Waals surface area contributed by atoms with Crippen molar-refractivity contribution in [3.63, 3.8) is 0 Å². The largest absolute Gasteiger partial charge is 0.504 e. The van der Waals surface area contributed by atoms with Crippen LogP contribution in [0.5, 0.6) is 11.5 Å². The molecule has 378 valence electrons.